The van der Waals surface area contributed by atoms with E-state index in [4.69, 9.17) is 15.2 Å². The molecule has 3 rings (SSSR count). The van der Waals surface area contributed by atoms with Gasteiger partial charge >= 0.3 is 13.8 Å². The van der Waals surface area contributed by atoms with E-state index < -0.39 is 55.5 Å². The van der Waals surface area contributed by atoms with Gasteiger partial charge < -0.3 is 30.1 Å². The van der Waals surface area contributed by atoms with Crippen LogP contribution in [-0.4, -0.2) is 76.4 Å². The summed E-state index contributed by atoms with van der Waals surface area (Å²) < 4.78 is 28.9. The third kappa shape index (κ3) is 5.09. The van der Waals surface area contributed by atoms with Gasteiger partial charge in [-0.2, -0.15) is 0 Å². The minimum atomic E-state index is -5.07. The highest BCUT2D eigenvalue weighted by molar-refractivity contribution is 7.46. The van der Waals surface area contributed by atoms with Gasteiger partial charge in [-0.25, -0.2) is 19.5 Å². The van der Waals surface area contributed by atoms with Crippen LogP contribution in [0.5, 0.6) is 0 Å². The number of phosphoric acid groups is 1. The molecule has 0 aromatic carbocycles. The van der Waals surface area contributed by atoms with Crippen LogP contribution in [0.2, 0.25) is 0 Å². The molecule has 1 aliphatic heterocycles. The van der Waals surface area contributed by atoms with E-state index in [9.17, 15) is 33.8 Å². The van der Waals surface area contributed by atoms with Gasteiger partial charge in [-0.1, -0.05) is 20.8 Å². The Morgan fingerprint density at radius 1 is 1.08 bits per heavy atom. The van der Waals surface area contributed by atoms with E-state index in [1.807, 2.05) is 0 Å². The van der Waals surface area contributed by atoms with Gasteiger partial charge in [0.2, 0.25) is 0 Å². The summed E-state index contributed by atoms with van der Waals surface area (Å²) in [5, 5.41) is 11.6. The Labute approximate surface area is 217 Å². The number of carbonyl (C=O) groups is 3. The number of nitrogens with two attached hydrogens (primary N) is 1. The number of aliphatic hydroxyl groups excluding tert-OH is 1. The molecule has 15 nitrogen and oxygen atoms in total. The number of rotatable bonds is 13. The molecule has 38 heavy (non-hydrogen) atoms. The van der Waals surface area contributed by atoms with Crippen LogP contribution in [-0.2, 0) is 38.7 Å². The zero-order valence-corrected chi connectivity index (χ0v) is 22.2. The highest BCUT2D eigenvalue weighted by Gasteiger charge is 2.76. The SMILES string of the molecule is CCCC(=O)O[C@]1(C(=O)CCC)[C@H](O)[C@@H](COP(=O)(O)O)O[C@@]1(C(=O)CCC)n1cnc2c(N)ncnc21. The van der Waals surface area contributed by atoms with Crippen LogP contribution in [0.1, 0.15) is 59.3 Å². The van der Waals surface area contributed by atoms with Crippen LogP contribution in [0.15, 0.2) is 12.7 Å². The molecule has 3 heterocycles. The van der Waals surface area contributed by atoms with Gasteiger partial charge in [0.25, 0.3) is 11.3 Å². The van der Waals surface area contributed by atoms with Crippen molar-refractivity contribution in [3.63, 3.8) is 0 Å². The van der Waals surface area contributed by atoms with Gasteiger partial charge in [-0.05, 0) is 19.3 Å². The molecule has 0 radical (unpaired) electrons. The number of imidazole rings is 1. The maximum Gasteiger partial charge on any atom is 0.469 e. The number of ketones is 2. The summed E-state index contributed by atoms with van der Waals surface area (Å²) in [6.45, 7) is 4.11. The highest BCUT2D eigenvalue weighted by Crippen LogP contribution is 2.51. The van der Waals surface area contributed by atoms with Gasteiger partial charge in [0.1, 0.15) is 30.4 Å². The zero-order valence-electron chi connectivity index (χ0n) is 21.3. The van der Waals surface area contributed by atoms with Gasteiger partial charge in [-0.15, -0.1) is 0 Å². The molecule has 210 valence electrons. The number of fused-ring (bicyclic) bond motifs is 1. The molecule has 0 unspecified atom stereocenters. The number of phosphoric ester groups is 1. The van der Waals surface area contributed by atoms with Crippen molar-refractivity contribution in [2.24, 2.45) is 0 Å². The topological polar surface area (TPSA) is 226 Å². The molecule has 0 aliphatic carbocycles. The number of aliphatic hydroxyl groups is 1. The molecule has 0 saturated carbocycles. The Morgan fingerprint density at radius 2 is 1.71 bits per heavy atom. The lowest BCUT2D eigenvalue weighted by molar-refractivity contribution is -0.216. The lowest BCUT2D eigenvalue weighted by Crippen LogP contribution is -2.68. The normalized spacial score (nSPS) is 25.5. The largest absolute Gasteiger partial charge is 0.469 e. The predicted octanol–water partition coefficient (Wildman–Crippen LogP) is 0.751. The van der Waals surface area contributed by atoms with Crippen molar-refractivity contribution in [1.82, 2.24) is 19.5 Å². The van der Waals surface area contributed by atoms with E-state index in [1.165, 1.54) is 0 Å². The van der Waals surface area contributed by atoms with E-state index in [0.717, 1.165) is 17.2 Å². The third-order valence-corrected chi connectivity index (χ3v) is 6.66. The summed E-state index contributed by atoms with van der Waals surface area (Å²) >= 11 is 0. The molecule has 0 amide bonds. The fourth-order valence-corrected chi connectivity index (χ4v) is 4.98. The summed E-state index contributed by atoms with van der Waals surface area (Å²) in [7, 11) is -5.07. The quantitative estimate of drug-likeness (QED) is 0.197. The Bertz CT molecular complexity index is 1250. The van der Waals surface area contributed by atoms with Crippen LogP contribution in [0, 0.1) is 0 Å². The molecule has 1 fully saturated rings. The van der Waals surface area contributed by atoms with Crippen molar-refractivity contribution in [1.29, 1.82) is 0 Å². The second-order valence-electron chi connectivity index (χ2n) is 8.88. The number of Topliss-reactive ketones (excluding diaryl/α,β-unsaturated/α-hetero) is 2. The summed E-state index contributed by atoms with van der Waals surface area (Å²) in [4.78, 5) is 71.7. The molecule has 0 spiro atoms. The molecule has 16 heteroatoms. The van der Waals surface area contributed by atoms with Crippen LogP contribution in [0.3, 0.4) is 0 Å². The molecule has 2 aromatic heterocycles. The average molecular weight is 557 g/mol. The highest BCUT2D eigenvalue weighted by atomic mass is 31.2. The minimum absolute atomic E-state index is 0.0425. The molecule has 2 aromatic rings. The lowest BCUT2D eigenvalue weighted by Gasteiger charge is -2.43. The number of aromatic nitrogens is 4. The number of nitrogen functional groups attached to an aromatic ring is 1. The van der Waals surface area contributed by atoms with Crippen LogP contribution in [0.25, 0.3) is 11.2 Å². The van der Waals surface area contributed by atoms with E-state index in [0.29, 0.717) is 6.42 Å². The predicted molar refractivity (Wildman–Crippen MR) is 130 cm³/mol. The van der Waals surface area contributed by atoms with Crippen molar-refractivity contribution in [3.05, 3.63) is 12.7 Å². The second-order valence-corrected chi connectivity index (χ2v) is 10.1. The number of hydrogen-bond acceptors (Lipinski definition) is 12. The zero-order chi connectivity index (χ0) is 28.3. The van der Waals surface area contributed by atoms with Gasteiger partial charge in [-0.3, -0.25) is 23.5 Å². The van der Waals surface area contributed by atoms with Crippen molar-refractivity contribution in [2.45, 2.75) is 82.8 Å². The van der Waals surface area contributed by atoms with Crippen molar-refractivity contribution in [2.75, 3.05) is 12.3 Å². The number of carbonyl (C=O) groups excluding carboxylic acids is 3. The Morgan fingerprint density at radius 3 is 2.32 bits per heavy atom. The van der Waals surface area contributed by atoms with Crippen LogP contribution in [0.4, 0.5) is 5.82 Å². The smallest absolute Gasteiger partial charge is 0.442 e. The molecule has 4 atom stereocenters. The summed E-state index contributed by atoms with van der Waals surface area (Å²) in [5.74, 6) is -2.57. The molecule has 0 bridgehead atoms. The van der Waals surface area contributed by atoms with Crippen LogP contribution < -0.4 is 5.73 Å². The summed E-state index contributed by atoms with van der Waals surface area (Å²) in [6.07, 6.45) is -1.34. The average Bonchev–Trinajstić information content (AvgIpc) is 3.38. The summed E-state index contributed by atoms with van der Waals surface area (Å²) in [5.41, 5.74) is 0.654. The fraction of sp³-hybridized carbons (Fsp3) is 0.636. The monoisotopic (exact) mass is 557 g/mol. The van der Waals surface area contributed by atoms with Crippen molar-refractivity contribution in [3.8, 4) is 0 Å². The number of esters is 1. The fourth-order valence-electron chi connectivity index (χ4n) is 4.64. The standard InChI is InChI=1S/C22H32N5O10P/c1-4-7-14(28)21(37-16(30)9-6-3)18(31)13(10-35-38(32,33)34)36-22(21,15(29)8-5-2)27-12-26-17-19(23)24-11-25-20(17)27/h11-13,18,31H,4-10H2,1-3H3,(H2,23,24,25)(H2,32,33,34)/t13-,18-,21-,22-/m1/s1. The minimum Gasteiger partial charge on any atom is -0.442 e. The second kappa shape index (κ2) is 11.5. The Hall–Kier alpha value is -2.81. The first-order valence-electron chi connectivity index (χ1n) is 12.2. The molecular formula is C22H32N5O10P. The lowest BCUT2D eigenvalue weighted by atomic mass is 9.76. The third-order valence-electron chi connectivity index (χ3n) is 6.18. The first-order chi connectivity index (χ1) is 17.9. The Kier molecular flexibility index (Phi) is 9.01. The number of anilines is 1. The number of hydrogen-bond donors (Lipinski definition) is 4. The van der Waals surface area contributed by atoms with Gasteiger partial charge in [0.05, 0.1) is 6.61 Å². The van der Waals surface area contributed by atoms with Crippen molar-refractivity contribution < 1.29 is 47.8 Å². The van der Waals surface area contributed by atoms with E-state index in [-0.39, 0.29) is 49.1 Å². The molecule has 1 aliphatic rings. The summed E-state index contributed by atoms with van der Waals surface area (Å²) in [6, 6.07) is 0. The Balaban J connectivity index is 2.41. The van der Waals surface area contributed by atoms with E-state index >= 15 is 0 Å². The molecular weight excluding hydrogens is 525 g/mol. The maximum atomic E-state index is 14.1. The van der Waals surface area contributed by atoms with Crippen LogP contribution >= 0.6 is 7.82 Å². The molecule has 5 N–H and O–H groups in total. The van der Waals surface area contributed by atoms with Crippen molar-refractivity contribution >= 4 is 42.3 Å². The van der Waals surface area contributed by atoms with E-state index in [1.54, 1.807) is 20.8 Å². The molecule has 1 saturated heterocycles. The number of ether oxygens (including phenoxy) is 2. The van der Waals surface area contributed by atoms with Gasteiger partial charge in [0.15, 0.2) is 23.0 Å². The first kappa shape index (κ1) is 29.7. The van der Waals surface area contributed by atoms with Gasteiger partial charge in [0, 0.05) is 19.3 Å². The maximum absolute atomic E-state index is 14.1. The number of nitrogens with zero attached hydrogens (tertiary/aromatic N) is 4. The first-order valence-corrected chi connectivity index (χ1v) is 13.7. The van der Waals surface area contributed by atoms with E-state index in [2.05, 4.69) is 19.5 Å².